The van der Waals surface area contributed by atoms with E-state index in [2.05, 4.69) is 22.7 Å². The molecule has 1 amide bonds. The highest BCUT2D eigenvalue weighted by molar-refractivity contribution is 7.80. The van der Waals surface area contributed by atoms with Gasteiger partial charge >= 0.3 is 11.9 Å². The van der Waals surface area contributed by atoms with Gasteiger partial charge in [-0.3, -0.25) is 9.59 Å². The van der Waals surface area contributed by atoms with Crippen molar-refractivity contribution in [2.45, 2.75) is 18.9 Å². The number of methoxy groups -OCH3 is 1. The highest BCUT2D eigenvalue weighted by Crippen LogP contribution is 1.94. The first-order valence-corrected chi connectivity index (χ1v) is 4.84. The van der Waals surface area contributed by atoms with Crippen LogP contribution in [0.2, 0.25) is 0 Å². The molecule has 2 N–H and O–H groups in total. The van der Waals surface area contributed by atoms with E-state index in [1.54, 1.807) is 0 Å². The third-order valence-electron chi connectivity index (χ3n) is 1.60. The van der Waals surface area contributed by atoms with Crippen LogP contribution >= 0.6 is 12.6 Å². The molecule has 0 saturated carbocycles. The average Bonchev–Trinajstić information content (AvgIpc) is 2.21. The minimum absolute atomic E-state index is 0.000697. The Morgan fingerprint density at radius 1 is 1.40 bits per heavy atom. The zero-order valence-electron chi connectivity index (χ0n) is 8.23. The van der Waals surface area contributed by atoms with Crippen molar-refractivity contribution >= 4 is 30.5 Å². The molecule has 6 nitrogen and oxygen atoms in total. The largest absolute Gasteiger partial charge is 0.480 e. The van der Waals surface area contributed by atoms with Crippen molar-refractivity contribution < 1.29 is 24.2 Å². The minimum Gasteiger partial charge on any atom is -0.480 e. The fraction of sp³-hybridized carbons (Fsp3) is 0.625. The van der Waals surface area contributed by atoms with Gasteiger partial charge in [0.05, 0.1) is 13.5 Å². The molecule has 0 radical (unpaired) electrons. The van der Waals surface area contributed by atoms with Crippen LogP contribution in [0.15, 0.2) is 0 Å². The Hall–Kier alpha value is -1.24. The molecule has 0 unspecified atom stereocenters. The van der Waals surface area contributed by atoms with Crippen LogP contribution in [0.3, 0.4) is 0 Å². The number of amides is 1. The lowest BCUT2D eigenvalue weighted by Gasteiger charge is -2.11. The summed E-state index contributed by atoms with van der Waals surface area (Å²) in [5, 5.41) is 10.8. The molecule has 0 bridgehead atoms. The molecule has 0 aliphatic heterocycles. The second-order valence-corrected chi connectivity index (χ2v) is 3.08. The Kier molecular flexibility index (Phi) is 6.52. The predicted molar refractivity (Wildman–Crippen MR) is 54.7 cm³/mol. The van der Waals surface area contributed by atoms with Crippen LogP contribution < -0.4 is 5.32 Å². The van der Waals surface area contributed by atoms with Gasteiger partial charge in [0, 0.05) is 12.2 Å². The number of hydrogen-bond acceptors (Lipinski definition) is 5. The zero-order valence-corrected chi connectivity index (χ0v) is 9.12. The van der Waals surface area contributed by atoms with E-state index in [0.717, 1.165) is 0 Å². The average molecular weight is 235 g/mol. The molecule has 0 aromatic heterocycles. The highest BCUT2D eigenvalue weighted by Gasteiger charge is 2.18. The van der Waals surface area contributed by atoms with E-state index in [1.807, 2.05) is 0 Å². The van der Waals surface area contributed by atoms with Crippen molar-refractivity contribution in [3.63, 3.8) is 0 Å². The van der Waals surface area contributed by atoms with E-state index < -0.39 is 23.9 Å². The van der Waals surface area contributed by atoms with Crippen LogP contribution in [-0.4, -0.2) is 41.9 Å². The molecule has 0 rings (SSSR count). The van der Waals surface area contributed by atoms with Crippen molar-refractivity contribution in [2.75, 3.05) is 12.9 Å². The van der Waals surface area contributed by atoms with Crippen molar-refractivity contribution in [1.29, 1.82) is 0 Å². The molecule has 0 aliphatic rings. The third kappa shape index (κ3) is 5.95. The van der Waals surface area contributed by atoms with Gasteiger partial charge in [-0.05, 0) is 0 Å². The Morgan fingerprint density at radius 2 is 2.00 bits per heavy atom. The summed E-state index contributed by atoms with van der Waals surface area (Å²) in [4.78, 5) is 32.3. The molecule has 0 heterocycles. The molecular formula is C8H13NO5S. The minimum atomic E-state index is -1.16. The number of carbonyl (C=O) groups is 3. The van der Waals surface area contributed by atoms with E-state index in [1.165, 1.54) is 7.11 Å². The number of aliphatic carboxylic acids is 1. The number of ether oxygens (including phenoxy) is 1. The number of rotatable bonds is 6. The molecule has 0 aromatic rings. The van der Waals surface area contributed by atoms with Crippen LogP contribution in [0.1, 0.15) is 12.8 Å². The summed E-state index contributed by atoms with van der Waals surface area (Å²) in [5.74, 6) is -2.18. The standard InChI is InChI=1S/C8H13NO5S/c1-14-7(11)3-2-6(10)9-5(4-15)8(12)13/h5,15H,2-4H2,1H3,(H,9,10)(H,12,13)/t5-/m0/s1. The van der Waals surface area contributed by atoms with Gasteiger partial charge in [-0.25, -0.2) is 4.79 Å². The van der Waals surface area contributed by atoms with E-state index >= 15 is 0 Å². The number of thiol groups is 1. The summed E-state index contributed by atoms with van der Waals surface area (Å²) >= 11 is 3.77. The molecule has 0 spiro atoms. The summed E-state index contributed by atoms with van der Waals surface area (Å²) in [6, 6.07) is -1.03. The predicted octanol–water partition coefficient (Wildman–Crippen LogP) is -0.561. The van der Waals surface area contributed by atoms with Gasteiger partial charge in [0.1, 0.15) is 6.04 Å². The maximum atomic E-state index is 11.1. The fourth-order valence-corrected chi connectivity index (χ4v) is 1.02. The smallest absolute Gasteiger partial charge is 0.327 e. The number of nitrogens with one attached hydrogen (secondary N) is 1. The molecule has 0 saturated heterocycles. The number of hydrogen-bond donors (Lipinski definition) is 3. The quantitative estimate of drug-likeness (QED) is 0.424. The van der Waals surface area contributed by atoms with Crippen LogP contribution in [0, 0.1) is 0 Å². The van der Waals surface area contributed by atoms with Gasteiger partial charge in [-0.15, -0.1) is 0 Å². The molecular weight excluding hydrogens is 222 g/mol. The summed E-state index contributed by atoms with van der Waals surface area (Å²) in [7, 11) is 1.22. The van der Waals surface area contributed by atoms with Crippen LogP contribution in [0.5, 0.6) is 0 Å². The first kappa shape index (κ1) is 13.8. The topological polar surface area (TPSA) is 92.7 Å². The molecule has 1 atom stereocenters. The van der Waals surface area contributed by atoms with Gasteiger partial charge in [0.2, 0.25) is 5.91 Å². The maximum Gasteiger partial charge on any atom is 0.327 e. The molecule has 0 aromatic carbocycles. The van der Waals surface area contributed by atoms with Gasteiger partial charge in [-0.2, -0.15) is 12.6 Å². The summed E-state index contributed by atoms with van der Waals surface area (Å²) in [5.41, 5.74) is 0. The lowest BCUT2D eigenvalue weighted by Crippen LogP contribution is -2.42. The number of carbonyl (C=O) groups excluding carboxylic acids is 2. The lowest BCUT2D eigenvalue weighted by molar-refractivity contribution is -0.142. The molecule has 15 heavy (non-hydrogen) atoms. The Morgan fingerprint density at radius 3 is 2.40 bits per heavy atom. The Labute approximate surface area is 92.4 Å². The second kappa shape index (κ2) is 7.10. The summed E-state index contributed by atoms with van der Waals surface area (Å²) in [6.07, 6.45) is -0.161. The molecule has 0 aliphatic carbocycles. The maximum absolute atomic E-state index is 11.1. The zero-order chi connectivity index (χ0) is 11.8. The van der Waals surface area contributed by atoms with E-state index in [4.69, 9.17) is 5.11 Å². The number of carboxylic acid groups (broad SMARTS) is 1. The first-order valence-electron chi connectivity index (χ1n) is 4.21. The van der Waals surface area contributed by atoms with Gasteiger partial charge in [-0.1, -0.05) is 0 Å². The van der Waals surface area contributed by atoms with E-state index in [0.29, 0.717) is 0 Å². The van der Waals surface area contributed by atoms with Crippen molar-refractivity contribution in [2.24, 2.45) is 0 Å². The Bertz CT molecular complexity index is 255. The van der Waals surface area contributed by atoms with Crippen LogP contribution in [0.25, 0.3) is 0 Å². The number of carboxylic acids is 1. The normalized spacial score (nSPS) is 11.6. The third-order valence-corrected chi connectivity index (χ3v) is 1.96. The highest BCUT2D eigenvalue weighted by atomic mass is 32.1. The first-order chi connectivity index (χ1) is 7.01. The Balaban J connectivity index is 3.91. The van der Waals surface area contributed by atoms with Gasteiger partial charge in [0.15, 0.2) is 0 Å². The SMILES string of the molecule is COC(=O)CCC(=O)N[C@@H](CS)C(=O)O. The van der Waals surface area contributed by atoms with E-state index in [-0.39, 0.29) is 18.6 Å². The van der Waals surface area contributed by atoms with Gasteiger partial charge < -0.3 is 15.2 Å². The molecule has 0 fully saturated rings. The van der Waals surface area contributed by atoms with Crippen LogP contribution in [-0.2, 0) is 19.1 Å². The van der Waals surface area contributed by atoms with Crippen molar-refractivity contribution in [3.05, 3.63) is 0 Å². The monoisotopic (exact) mass is 235 g/mol. The van der Waals surface area contributed by atoms with Gasteiger partial charge in [0.25, 0.3) is 0 Å². The summed E-state index contributed by atoms with van der Waals surface area (Å²) in [6.45, 7) is 0. The molecule has 86 valence electrons. The second-order valence-electron chi connectivity index (χ2n) is 2.72. The summed E-state index contributed by atoms with van der Waals surface area (Å²) < 4.78 is 4.33. The van der Waals surface area contributed by atoms with Crippen LogP contribution in [0.4, 0.5) is 0 Å². The fourth-order valence-electron chi connectivity index (χ4n) is 0.770. The lowest BCUT2D eigenvalue weighted by atomic mass is 10.2. The number of esters is 1. The van der Waals surface area contributed by atoms with Crippen molar-refractivity contribution in [1.82, 2.24) is 5.32 Å². The van der Waals surface area contributed by atoms with E-state index in [9.17, 15) is 14.4 Å². The van der Waals surface area contributed by atoms with Crippen molar-refractivity contribution in [3.8, 4) is 0 Å². The molecule has 7 heteroatoms.